The van der Waals surface area contributed by atoms with Crippen LogP contribution in [0.25, 0.3) is 0 Å². The Balaban J connectivity index is 2.53. The van der Waals surface area contributed by atoms with Crippen molar-refractivity contribution in [3.05, 3.63) is 21.6 Å². The van der Waals surface area contributed by atoms with Crippen molar-refractivity contribution < 1.29 is 4.74 Å². The van der Waals surface area contributed by atoms with Gasteiger partial charge in [0.2, 0.25) is 0 Å². The van der Waals surface area contributed by atoms with Gasteiger partial charge in [0, 0.05) is 19.9 Å². The van der Waals surface area contributed by atoms with Gasteiger partial charge in [-0.05, 0) is 0 Å². The predicted octanol–water partition coefficient (Wildman–Crippen LogP) is 0.605. The van der Waals surface area contributed by atoms with E-state index in [2.05, 4.69) is 5.10 Å². The maximum Gasteiger partial charge on any atom is 0.270 e. The molecule has 0 radical (unpaired) electrons. The lowest BCUT2D eigenvalue weighted by atomic mass is 10.3. The van der Waals surface area contributed by atoms with Crippen molar-refractivity contribution >= 4 is 11.8 Å². The molecule has 4 nitrogen and oxygen atoms in total. The van der Waals surface area contributed by atoms with Gasteiger partial charge in [-0.15, -0.1) is 11.8 Å². The van der Waals surface area contributed by atoms with Crippen LogP contribution in [-0.4, -0.2) is 16.9 Å². The molecule has 1 aromatic rings. The highest BCUT2D eigenvalue weighted by Gasteiger charge is 2.27. The highest BCUT2D eigenvalue weighted by Crippen LogP contribution is 2.38. The van der Waals surface area contributed by atoms with Crippen LogP contribution in [0.2, 0.25) is 0 Å². The fraction of sp³-hybridized carbons (Fsp3) is 0.571. The van der Waals surface area contributed by atoms with Gasteiger partial charge in [-0.1, -0.05) is 0 Å². The molecule has 2 heterocycles. The number of thioether (sulfide) groups is 1. The zero-order valence-corrected chi connectivity index (χ0v) is 7.77. The Kier molecular flexibility index (Phi) is 1.77. The van der Waals surface area contributed by atoms with E-state index in [1.54, 1.807) is 25.9 Å². The number of H-pyrrole nitrogens is 1. The quantitative estimate of drug-likeness (QED) is 0.698. The van der Waals surface area contributed by atoms with Crippen LogP contribution in [0.5, 0.6) is 0 Å². The molecule has 0 aromatic carbocycles. The second-order valence-corrected chi connectivity index (χ2v) is 3.80. The molecule has 66 valence electrons. The van der Waals surface area contributed by atoms with Gasteiger partial charge in [-0.2, -0.15) is 0 Å². The zero-order valence-electron chi connectivity index (χ0n) is 6.96. The molecule has 0 saturated carbocycles. The minimum absolute atomic E-state index is 0.00824. The van der Waals surface area contributed by atoms with Gasteiger partial charge in [0.25, 0.3) is 5.56 Å². The van der Waals surface area contributed by atoms with E-state index < -0.39 is 0 Å². The molecule has 1 aromatic heterocycles. The lowest BCUT2D eigenvalue weighted by Gasteiger charge is -2.05. The van der Waals surface area contributed by atoms with E-state index in [0.29, 0.717) is 0 Å². The third kappa shape index (κ3) is 0.931. The Morgan fingerprint density at radius 2 is 2.50 bits per heavy atom. The molecule has 5 heteroatoms. The van der Waals surface area contributed by atoms with Crippen molar-refractivity contribution in [3.63, 3.8) is 0 Å². The van der Waals surface area contributed by atoms with Crippen molar-refractivity contribution in [2.75, 3.05) is 7.11 Å². The molecule has 1 N–H and O–H groups in total. The summed E-state index contributed by atoms with van der Waals surface area (Å²) in [5.74, 6) is 0.754. The van der Waals surface area contributed by atoms with E-state index in [0.717, 1.165) is 17.0 Å². The number of aromatic nitrogens is 2. The smallest absolute Gasteiger partial charge is 0.270 e. The Morgan fingerprint density at radius 3 is 3.17 bits per heavy atom. The van der Waals surface area contributed by atoms with Gasteiger partial charge in [0.1, 0.15) is 5.44 Å². The molecular formula is C7H10N2O2S. The van der Waals surface area contributed by atoms with Crippen molar-refractivity contribution in [3.8, 4) is 0 Å². The number of fused-ring (bicyclic) bond motifs is 1. The number of aryl methyl sites for hydroxylation is 1. The molecule has 1 aliphatic rings. The molecule has 1 aliphatic heterocycles. The lowest BCUT2D eigenvalue weighted by Crippen LogP contribution is -2.14. The van der Waals surface area contributed by atoms with Crippen LogP contribution in [0, 0.1) is 0 Å². The SMILES string of the molecule is COC1SCc2c1[nH]n(C)c2=O. The Labute approximate surface area is 73.9 Å². The number of methoxy groups -OCH3 is 1. The third-order valence-electron chi connectivity index (χ3n) is 2.00. The van der Waals surface area contributed by atoms with Crippen LogP contribution in [0.3, 0.4) is 0 Å². The van der Waals surface area contributed by atoms with Gasteiger partial charge < -0.3 is 4.74 Å². The second kappa shape index (κ2) is 2.67. The fourth-order valence-electron chi connectivity index (χ4n) is 1.38. The monoisotopic (exact) mass is 186 g/mol. The molecule has 0 aliphatic carbocycles. The van der Waals surface area contributed by atoms with Crippen molar-refractivity contribution in [2.24, 2.45) is 7.05 Å². The summed E-state index contributed by atoms with van der Waals surface area (Å²) in [7, 11) is 3.37. The minimum Gasteiger partial charge on any atom is -0.364 e. The highest BCUT2D eigenvalue weighted by atomic mass is 32.2. The van der Waals surface area contributed by atoms with Crippen molar-refractivity contribution in [1.82, 2.24) is 9.78 Å². The molecule has 0 saturated heterocycles. The van der Waals surface area contributed by atoms with Crippen LogP contribution in [0.1, 0.15) is 16.7 Å². The molecule has 0 spiro atoms. The number of hydrogen-bond acceptors (Lipinski definition) is 3. The summed E-state index contributed by atoms with van der Waals surface area (Å²) in [6.45, 7) is 0. The van der Waals surface area contributed by atoms with Gasteiger partial charge in [0.05, 0.1) is 11.3 Å². The molecule has 0 bridgehead atoms. The van der Waals surface area contributed by atoms with Crippen molar-refractivity contribution in [1.29, 1.82) is 0 Å². The Hall–Kier alpha value is -0.680. The molecule has 1 atom stereocenters. The lowest BCUT2D eigenvalue weighted by molar-refractivity contribution is 0.173. The summed E-state index contributed by atoms with van der Waals surface area (Å²) in [5, 5.41) is 2.98. The average Bonchev–Trinajstić information content (AvgIpc) is 2.55. The first-order valence-corrected chi connectivity index (χ1v) is 4.71. The number of rotatable bonds is 1. The zero-order chi connectivity index (χ0) is 8.72. The van der Waals surface area contributed by atoms with E-state index in [1.165, 1.54) is 4.68 Å². The first kappa shape index (κ1) is 7.94. The summed E-state index contributed by atoms with van der Waals surface area (Å²) >= 11 is 1.63. The van der Waals surface area contributed by atoms with Crippen LogP contribution < -0.4 is 5.56 Å². The van der Waals surface area contributed by atoms with E-state index in [9.17, 15) is 4.79 Å². The van der Waals surface area contributed by atoms with E-state index in [4.69, 9.17) is 4.74 Å². The largest absolute Gasteiger partial charge is 0.364 e. The van der Waals surface area contributed by atoms with Crippen LogP contribution in [0.4, 0.5) is 0 Å². The average molecular weight is 186 g/mol. The predicted molar refractivity (Wildman–Crippen MR) is 47.1 cm³/mol. The van der Waals surface area contributed by atoms with Gasteiger partial charge in [-0.25, -0.2) is 0 Å². The number of hydrogen-bond donors (Lipinski definition) is 1. The molecule has 0 amide bonds. The second-order valence-electron chi connectivity index (χ2n) is 2.75. The number of nitrogens with one attached hydrogen (secondary N) is 1. The molecule has 2 rings (SSSR count). The fourth-order valence-corrected chi connectivity index (χ4v) is 2.47. The normalized spacial score (nSPS) is 21.3. The number of aromatic amines is 1. The standard InChI is InChI=1S/C7H10N2O2S/c1-9-6(10)4-3-12-7(11-2)5(4)8-9/h7-8H,3H2,1-2H3. The number of nitrogens with zero attached hydrogens (tertiary/aromatic N) is 1. The minimum atomic E-state index is 0.00824. The topological polar surface area (TPSA) is 47.0 Å². The van der Waals surface area contributed by atoms with Gasteiger partial charge in [0.15, 0.2) is 0 Å². The Morgan fingerprint density at radius 1 is 1.75 bits per heavy atom. The molecule has 12 heavy (non-hydrogen) atoms. The highest BCUT2D eigenvalue weighted by molar-refractivity contribution is 7.98. The third-order valence-corrected chi connectivity index (χ3v) is 3.19. The maximum absolute atomic E-state index is 11.4. The summed E-state index contributed by atoms with van der Waals surface area (Å²) in [6, 6.07) is 0. The summed E-state index contributed by atoms with van der Waals surface area (Å²) in [4.78, 5) is 11.4. The van der Waals surface area contributed by atoms with Gasteiger partial charge in [-0.3, -0.25) is 14.6 Å². The van der Waals surface area contributed by atoms with Crippen LogP contribution in [-0.2, 0) is 17.5 Å². The van der Waals surface area contributed by atoms with Crippen molar-refractivity contribution in [2.45, 2.75) is 11.2 Å². The number of ether oxygens (including phenoxy) is 1. The van der Waals surface area contributed by atoms with Gasteiger partial charge >= 0.3 is 0 Å². The van der Waals surface area contributed by atoms with Crippen LogP contribution in [0.15, 0.2) is 4.79 Å². The molecule has 0 fully saturated rings. The first-order valence-electron chi connectivity index (χ1n) is 3.66. The molecule has 1 unspecified atom stereocenters. The van der Waals surface area contributed by atoms with E-state index in [-0.39, 0.29) is 11.0 Å². The first-order chi connectivity index (χ1) is 5.74. The molecular weight excluding hydrogens is 176 g/mol. The van der Waals surface area contributed by atoms with E-state index >= 15 is 0 Å². The van der Waals surface area contributed by atoms with E-state index in [1.807, 2.05) is 0 Å². The summed E-state index contributed by atoms with van der Waals surface area (Å²) < 4.78 is 6.68. The maximum atomic E-state index is 11.4. The van der Waals surface area contributed by atoms with Crippen LogP contribution >= 0.6 is 11.8 Å². The summed E-state index contributed by atoms with van der Waals surface area (Å²) in [5.41, 5.74) is 1.86. The Bertz CT molecular complexity index is 355. The summed E-state index contributed by atoms with van der Waals surface area (Å²) in [6.07, 6.45) is 0.